The zero-order valence-electron chi connectivity index (χ0n) is 6.71. The molecule has 7 nitrogen and oxygen atoms in total. The number of rotatable bonds is 3. The molecule has 72 valence electrons. The van der Waals surface area contributed by atoms with Crippen molar-refractivity contribution in [3.05, 3.63) is 0 Å². The maximum absolute atomic E-state index is 9.77. The fourth-order valence-electron chi connectivity index (χ4n) is 0.270. The average Bonchev–Trinajstić information content (AvgIpc) is 1.84. The van der Waals surface area contributed by atoms with Crippen LogP contribution in [0.4, 0.5) is 0 Å². The molecule has 6 N–H and O–H groups in total. The first-order chi connectivity index (χ1) is 4.46. The minimum absolute atomic E-state index is 0. The smallest absolute Gasteiger partial charge is 0.335 e. The minimum atomic E-state index is -2.27. The van der Waals surface area contributed by atoms with Crippen LogP contribution in [0.5, 0.6) is 0 Å². The molecule has 0 fully saturated rings. The van der Waals surface area contributed by atoms with E-state index in [1.54, 1.807) is 0 Å². The zero-order chi connectivity index (χ0) is 8.31. The van der Waals surface area contributed by atoms with Gasteiger partial charge in [-0.1, -0.05) is 0 Å². The molecule has 0 aliphatic rings. The van der Waals surface area contributed by atoms with Crippen LogP contribution >= 0.6 is 0 Å². The Hall–Kier alpha value is 0.638. The molecule has 0 aliphatic carbocycles. The Morgan fingerprint density at radius 3 is 1.15 bits per heavy atom. The van der Waals surface area contributed by atoms with E-state index in [0.29, 0.717) is 0 Å². The van der Waals surface area contributed by atoms with Gasteiger partial charge in [0.15, 0.2) is 12.2 Å². The molecule has 0 heterocycles. The summed E-state index contributed by atoms with van der Waals surface area (Å²) >= 11 is 0. The topological polar surface area (TPSA) is 147 Å². The summed E-state index contributed by atoms with van der Waals surface area (Å²) in [6.07, 6.45) is -4.53. The van der Waals surface area contributed by atoms with Gasteiger partial charge in [0.1, 0.15) is 0 Å². The van der Waals surface area contributed by atoms with Crippen LogP contribution in [0.3, 0.4) is 0 Å². The molecule has 0 aliphatic heterocycles. The monoisotopic (exact) mass is 312 g/mol. The third kappa shape index (κ3) is 8.95. The number of aliphatic carboxylic acids is 2. The number of hydrogen-bond acceptors (Lipinski definition) is 4. The molecule has 0 saturated heterocycles. The van der Waals surface area contributed by atoms with Gasteiger partial charge >= 0.3 is 11.9 Å². The Bertz CT molecular complexity index is 145. The molecular weight excluding hydrogens is 305 g/mol. The Balaban J connectivity index is -0.000000135. The van der Waals surface area contributed by atoms with E-state index in [2.05, 4.69) is 0 Å². The normalized spacial score (nSPS) is 12.2. The molecule has 0 bridgehead atoms. The van der Waals surface area contributed by atoms with Crippen LogP contribution in [0.15, 0.2) is 0 Å². The summed E-state index contributed by atoms with van der Waals surface area (Å²) in [5, 5.41) is 32.5. The Labute approximate surface area is 113 Å². The average molecular weight is 313 g/mol. The number of aliphatic hydroxyl groups excluding tert-OH is 2. The fourth-order valence-corrected chi connectivity index (χ4v) is 0.270. The van der Waals surface area contributed by atoms with Crippen molar-refractivity contribution in [2.24, 2.45) is 0 Å². The number of aliphatic hydroxyl groups is 2. The van der Waals surface area contributed by atoms with Crippen molar-refractivity contribution in [1.82, 2.24) is 0 Å². The van der Waals surface area contributed by atoms with Crippen LogP contribution in [0.25, 0.3) is 0 Å². The minimum Gasteiger partial charge on any atom is -0.479 e. The van der Waals surface area contributed by atoms with E-state index >= 15 is 0 Å². The van der Waals surface area contributed by atoms with Crippen LogP contribution in [-0.2, 0) is 9.59 Å². The van der Waals surface area contributed by atoms with Crippen LogP contribution in [0.2, 0.25) is 0 Å². The van der Waals surface area contributed by atoms with E-state index in [1.807, 2.05) is 0 Å². The summed E-state index contributed by atoms with van der Waals surface area (Å²) in [7, 11) is 0. The Kier molecular flexibility index (Phi) is 19.3. The molecule has 0 aromatic carbocycles. The standard InChI is InChI=1S/C4H6O6.Na.H2O.Sb/c5-1(3(7)8)2(6)4(9)10;;;/h1-2,5-6H,(H,7,8)(H,9,10);;1H2;. The van der Waals surface area contributed by atoms with Gasteiger partial charge in [0.25, 0.3) is 0 Å². The molecule has 0 aromatic rings. The van der Waals surface area contributed by atoms with Crippen molar-refractivity contribution >= 4 is 65.9 Å². The third-order valence-electron chi connectivity index (χ3n) is 0.805. The van der Waals surface area contributed by atoms with Crippen LogP contribution in [-0.4, -0.2) is 104 Å². The van der Waals surface area contributed by atoms with Gasteiger partial charge in [-0.3, -0.25) is 0 Å². The fraction of sp³-hybridized carbons (Fsp3) is 0.500. The molecule has 0 rings (SSSR count). The Morgan fingerprint density at radius 2 is 1.08 bits per heavy atom. The van der Waals surface area contributed by atoms with E-state index in [0.717, 1.165) is 0 Å². The summed E-state index contributed by atoms with van der Waals surface area (Å²) in [5.74, 6) is -3.54. The largest absolute Gasteiger partial charge is 0.479 e. The van der Waals surface area contributed by atoms with Crippen LogP contribution in [0.1, 0.15) is 0 Å². The molecule has 0 saturated carbocycles. The molecule has 0 amide bonds. The van der Waals surface area contributed by atoms with Crippen molar-refractivity contribution in [2.45, 2.75) is 12.2 Å². The van der Waals surface area contributed by atoms with Crippen molar-refractivity contribution in [2.75, 3.05) is 0 Å². The first-order valence-electron chi connectivity index (χ1n) is 2.28. The van der Waals surface area contributed by atoms with Gasteiger partial charge in [0.2, 0.25) is 0 Å². The number of carboxylic acid groups (broad SMARTS) is 2. The zero-order valence-corrected chi connectivity index (χ0v) is 11.3. The summed E-state index contributed by atoms with van der Waals surface area (Å²) in [5.41, 5.74) is 0. The second-order valence-corrected chi connectivity index (χ2v) is 1.57. The van der Waals surface area contributed by atoms with Crippen LogP contribution in [0, 0.1) is 0 Å². The van der Waals surface area contributed by atoms with E-state index in [1.165, 1.54) is 0 Å². The van der Waals surface area contributed by atoms with Gasteiger partial charge in [0, 0.05) is 54.0 Å². The maximum Gasteiger partial charge on any atom is 0.335 e. The summed E-state index contributed by atoms with van der Waals surface area (Å²) in [6, 6.07) is 0. The summed E-state index contributed by atoms with van der Waals surface area (Å²) in [4.78, 5) is 19.5. The van der Waals surface area contributed by atoms with E-state index in [-0.39, 0.29) is 59.5 Å². The SMILES string of the molecule is O.O=C(O)C(O)C(O)C(=O)O.[Na].[Sb]. The molecular formula is C4H8NaO7Sb. The molecule has 2 unspecified atom stereocenters. The maximum atomic E-state index is 9.77. The van der Waals surface area contributed by atoms with Crippen molar-refractivity contribution in [3.63, 3.8) is 0 Å². The molecule has 0 aromatic heterocycles. The van der Waals surface area contributed by atoms with Crippen molar-refractivity contribution in [1.29, 1.82) is 0 Å². The van der Waals surface area contributed by atoms with E-state index < -0.39 is 24.1 Å². The van der Waals surface area contributed by atoms with Gasteiger partial charge < -0.3 is 25.9 Å². The van der Waals surface area contributed by atoms with E-state index in [9.17, 15) is 9.59 Å². The van der Waals surface area contributed by atoms with Crippen molar-refractivity contribution in [3.8, 4) is 0 Å². The molecule has 2 atom stereocenters. The number of carboxylic acids is 2. The molecule has 4 radical (unpaired) electrons. The van der Waals surface area contributed by atoms with Gasteiger partial charge in [-0.05, 0) is 0 Å². The second kappa shape index (κ2) is 10.7. The molecule has 13 heavy (non-hydrogen) atoms. The van der Waals surface area contributed by atoms with Gasteiger partial charge in [-0.2, -0.15) is 0 Å². The summed E-state index contributed by atoms with van der Waals surface area (Å²) in [6.45, 7) is 0. The Morgan fingerprint density at radius 1 is 0.923 bits per heavy atom. The first-order valence-corrected chi connectivity index (χ1v) is 2.28. The van der Waals surface area contributed by atoms with Crippen molar-refractivity contribution < 1.29 is 35.5 Å². The third-order valence-corrected chi connectivity index (χ3v) is 0.805. The van der Waals surface area contributed by atoms with Gasteiger partial charge in [-0.25, -0.2) is 9.59 Å². The summed E-state index contributed by atoms with van der Waals surface area (Å²) < 4.78 is 0. The number of hydrogen-bond donors (Lipinski definition) is 4. The van der Waals surface area contributed by atoms with Gasteiger partial charge in [-0.15, -0.1) is 0 Å². The second-order valence-electron chi connectivity index (χ2n) is 1.57. The predicted molar refractivity (Wildman–Crippen MR) is 42.4 cm³/mol. The number of carbonyl (C=O) groups is 2. The quantitative estimate of drug-likeness (QED) is 0.394. The van der Waals surface area contributed by atoms with Crippen LogP contribution < -0.4 is 0 Å². The van der Waals surface area contributed by atoms with Gasteiger partial charge in [0.05, 0.1) is 0 Å². The van der Waals surface area contributed by atoms with E-state index in [4.69, 9.17) is 20.4 Å². The first kappa shape index (κ1) is 23.4. The predicted octanol–water partition coefficient (Wildman–Crippen LogP) is -3.71. The molecule has 9 heteroatoms. The molecule has 0 spiro atoms.